The van der Waals surface area contributed by atoms with Crippen LogP contribution in [0.1, 0.15) is 47.0 Å². The summed E-state index contributed by atoms with van der Waals surface area (Å²) in [5, 5.41) is 3.11. The van der Waals surface area contributed by atoms with Crippen LogP contribution in [0.3, 0.4) is 0 Å². The van der Waals surface area contributed by atoms with E-state index in [2.05, 4.69) is 29.1 Å². The van der Waals surface area contributed by atoms with Crippen LogP contribution in [0.25, 0.3) is 0 Å². The first-order valence-corrected chi connectivity index (χ1v) is 9.59. The van der Waals surface area contributed by atoms with Crippen molar-refractivity contribution < 1.29 is 9.59 Å². The number of carbonyl (C=O) groups is 2. The number of aliphatic imine (C=N–C) groups is 1. The van der Waals surface area contributed by atoms with Gasteiger partial charge in [-0.3, -0.25) is 9.59 Å². The molecule has 1 fully saturated rings. The van der Waals surface area contributed by atoms with Gasteiger partial charge in [0.05, 0.1) is 6.42 Å². The van der Waals surface area contributed by atoms with Gasteiger partial charge in [0.25, 0.3) is 5.91 Å². The maximum Gasteiger partial charge on any atom is 0.250 e. The Morgan fingerprint density at radius 1 is 1.38 bits per heavy atom. The smallest absolute Gasteiger partial charge is 0.250 e. The zero-order valence-corrected chi connectivity index (χ0v) is 16.3. The number of rotatable bonds is 4. The van der Waals surface area contributed by atoms with Gasteiger partial charge in [0.15, 0.2) is 0 Å². The molecule has 142 valence electrons. The lowest BCUT2D eigenvalue weighted by Gasteiger charge is -2.42. The number of carbonyl (C=O) groups excluding carboxylic acids is 2. The Morgan fingerprint density at radius 2 is 2.08 bits per heavy atom. The highest BCUT2D eigenvalue weighted by Gasteiger charge is 2.45. The van der Waals surface area contributed by atoms with Gasteiger partial charge in [-0.05, 0) is 77.3 Å². The normalized spacial score (nSPS) is 27.3. The van der Waals surface area contributed by atoms with Gasteiger partial charge in [0, 0.05) is 18.8 Å². The predicted molar refractivity (Wildman–Crippen MR) is 103 cm³/mol. The predicted octanol–water partition coefficient (Wildman–Crippen LogP) is 2.09. The third kappa shape index (κ3) is 3.75. The van der Waals surface area contributed by atoms with E-state index in [4.69, 9.17) is 0 Å². The SMILES string of the molecule is CC1=CC2=NC(=O)CC(C)(C(=O)NCC3CCN(C(C)C)CC3)N2C=C1. The van der Waals surface area contributed by atoms with Crippen LogP contribution in [0.2, 0.25) is 0 Å². The molecule has 0 spiro atoms. The minimum Gasteiger partial charge on any atom is -0.354 e. The minimum absolute atomic E-state index is 0.0952. The number of fused-ring (bicyclic) bond motifs is 1. The summed E-state index contributed by atoms with van der Waals surface area (Å²) in [4.78, 5) is 33.5. The summed E-state index contributed by atoms with van der Waals surface area (Å²) in [6.45, 7) is 11.1. The first-order chi connectivity index (χ1) is 12.3. The van der Waals surface area contributed by atoms with Gasteiger partial charge >= 0.3 is 0 Å². The molecule has 1 atom stereocenters. The van der Waals surface area contributed by atoms with Crippen molar-refractivity contribution >= 4 is 17.6 Å². The summed E-state index contributed by atoms with van der Waals surface area (Å²) >= 11 is 0. The molecule has 26 heavy (non-hydrogen) atoms. The number of hydrogen-bond donors (Lipinski definition) is 1. The number of hydrogen-bond acceptors (Lipinski definition) is 4. The van der Waals surface area contributed by atoms with Crippen molar-refractivity contribution in [3.63, 3.8) is 0 Å². The molecule has 6 nitrogen and oxygen atoms in total. The Bertz CT molecular complexity index is 671. The lowest BCUT2D eigenvalue weighted by Crippen LogP contribution is -2.60. The maximum absolute atomic E-state index is 13.0. The van der Waals surface area contributed by atoms with Crippen LogP contribution < -0.4 is 5.32 Å². The molecule has 1 saturated heterocycles. The van der Waals surface area contributed by atoms with E-state index in [0.717, 1.165) is 31.5 Å². The van der Waals surface area contributed by atoms with Gasteiger partial charge in [0.2, 0.25) is 5.91 Å². The number of nitrogens with zero attached hydrogens (tertiary/aromatic N) is 3. The van der Waals surface area contributed by atoms with Crippen LogP contribution in [0.5, 0.6) is 0 Å². The first kappa shape index (κ1) is 18.8. The fourth-order valence-electron chi connectivity index (χ4n) is 3.93. The van der Waals surface area contributed by atoms with Crippen molar-refractivity contribution in [2.75, 3.05) is 19.6 Å². The van der Waals surface area contributed by atoms with Gasteiger partial charge in [-0.1, -0.05) is 0 Å². The molecule has 3 heterocycles. The third-order valence-electron chi connectivity index (χ3n) is 5.78. The van der Waals surface area contributed by atoms with Crippen LogP contribution in [-0.4, -0.2) is 58.7 Å². The van der Waals surface area contributed by atoms with E-state index in [0.29, 0.717) is 24.3 Å². The molecular formula is C20H30N4O2. The average molecular weight is 358 g/mol. The fourth-order valence-corrected chi connectivity index (χ4v) is 3.93. The van der Waals surface area contributed by atoms with Crippen LogP contribution in [0.4, 0.5) is 0 Å². The molecule has 0 bridgehead atoms. The molecule has 0 aromatic heterocycles. The first-order valence-electron chi connectivity index (χ1n) is 9.59. The largest absolute Gasteiger partial charge is 0.354 e. The average Bonchev–Trinajstić information content (AvgIpc) is 2.59. The Labute approximate surface area is 156 Å². The Morgan fingerprint density at radius 3 is 2.73 bits per heavy atom. The van der Waals surface area contributed by atoms with Crippen LogP contribution in [0, 0.1) is 5.92 Å². The van der Waals surface area contributed by atoms with Crippen molar-refractivity contribution in [1.29, 1.82) is 0 Å². The van der Waals surface area contributed by atoms with Crippen molar-refractivity contribution in [3.8, 4) is 0 Å². The molecule has 0 saturated carbocycles. The van der Waals surface area contributed by atoms with E-state index in [-0.39, 0.29) is 18.2 Å². The second-order valence-electron chi connectivity index (χ2n) is 8.17. The molecule has 1 unspecified atom stereocenters. The van der Waals surface area contributed by atoms with E-state index in [1.807, 2.05) is 37.1 Å². The fraction of sp³-hybridized carbons (Fsp3) is 0.650. The van der Waals surface area contributed by atoms with Crippen LogP contribution >= 0.6 is 0 Å². The summed E-state index contributed by atoms with van der Waals surface area (Å²) in [6.07, 6.45) is 7.97. The molecule has 0 aromatic rings. The standard InChI is InChI=1S/C20H30N4O2/c1-14(2)23-8-6-16(7-9-23)13-21-19(26)20(4)12-18(25)22-17-11-15(3)5-10-24(17)20/h5,10-11,14,16H,6-9,12-13H2,1-4H3,(H,21,26). The summed E-state index contributed by atoms with van der Waals surface area (Å²) in [5.41, 5.74) is 0.106. The van der Waals surface area contributed by atoms with Crippen molar-refractivity contribution in [1.82, 2.24) is 15.1 Å². The van der Waals surface area contributed by atoms with Crippen LogP contribution in [0.15, 0.2) is 28.9 Å². The van der Waals surface area contributed by atoms with E-state index in [1.54, 1.807) is 0 Å². The Balaban J connectivity index is 1.62. The van der Waals surface area contributed by atoms with E-state index < -0.39 is 5.54 Å². The molecule has 0 radical (unpaired) electrons. The summed E-state index contributed by atoms with van der Waals surface area (Å²) in [6, 6.07) is 0.581. The zero-order valence-electron chi connectivity index (χ0n) is 16.3. The highest BCUT2D eigenvalue weighted by Crippen LogP contribution is 2.29. The molecule has 3 aliphatic rings. The van der Waals surface area contributed by atoms with Gasteiger partial charge in [-0.15, -0.1) is 0 Å². The van der Waals surface area contributed by atoms with E-state index >= 15 is 0 Å². The maximum atomic E-state index is 13.0. The van der Waals surface area contributed by atoms with Crippen molar-refractivity contribution in [2.24, 2.45) is 10.9 Å². The second-order valence-corrected chi connectivity index (χ2v) is 8.17. The number of nitrogens with one attached hydrogen (secondary N) is 1. The highest BCUT2D eigenvalue weighted by molar-refractivity contribution is 6.09. The minimum atomic E-state index is -0.916. The molecule has 0 aliphatic carbocycles. The van der Waals surface area contributed by atoms with Gasteiger partial charge in [-0.25, -0.2) is 0 Å². The third-order valence-corrected chi connectivity index (χ3v) is 5.78. The number of allylic oxidation sites excluding steroid dienone is 2. The lowest BCUT2D eigenvalue weighted by molar-refractivity contribution is -0.134. The highest BCUT2D eigenvalue weighted by atomic mass is 16.2. The number of likely N-dealkylation sites (tertiary alicyclic amines) is 1. The summed E-state index contributed by atoms with van der Waals surface area (Å²) in [5.74, 6) is 0.730. The molecule has 3 aliphatic heterocycles. The molecule has 0 aromatic carbocycles. The summed E-state index contributed by atoms with van der Waals surface area (Å²) < 4.78 is 0. The zero-order chi connectivity index (χ0) is 18.9. The van der Waals surface area contributed by atoms with Crippen LogP contribution in [-0.2, 0) is 9.59 Å². The molecule has 1 N–H and O–H groups in total. The molecule has 2 amide bonds. The van der Waals surface area contributed by atoms with Crippen molar-refractivity contribution in [2.45, 2.75) is 58.5 Å². The summed E-state index contributed by atoms with van der Waals surface area (Å²) in [7, 11) is 0. The lowest BCUT2D eigenvalue weighted by atomic mass is 9.90. The quantitative estimate of drug-likeness (QED) is 0.836. The number of amidine groups is 1. The topological polar surface area (TPSA) is 65.0 Å². The molecule has 3 rings (SSSR count). The van der Waals surface area contributed by atoms with E-state index in [9.17, 15) is 9.59 Å². The molecular weight excluding hydrogens is 328 g/mol. The number of amides is 2. The second kappa shape index (κ2) is 7.35. The van der Waals surface area contributed by atoms with Gasteiger partial charge < -0.3 is 15.1 Å². The number of piperidine rings is 1. The monoisotopic (exact) mass is 358 g/mol. The Hall–Kier alpha value is -1.95. The van der Waals surface area contributed by atoms with Gasteiger partial charge in [-0.2, -0.15) is 4.99 Å². The Kier molecular flexibility index (Phi) is 5.32. The van der Waals surface area contributed by atoms with Crippen molar-refractivity contribution in [3.05, 3.63) is 23.9 Å². The van der Waals surface area contributed by atoms with E-state index in [1.165, 1.54) is 0 Å². The van der Waals surface area contributed by atoms with Gasteiger partial charge in [0.1, 0.15) is 11.4 Å². The molecule has 6 heteroatoms.